The summed E-state index contributed by atoms with van der Waals surface area (Å²) < 4.78 is 0. The second-order valence-corrected chi connectivity index (χ2v) is 5.89. The largest absolute Gasteiger partial charge is 0.550 e. The van der Waals surface area contributed by atoms with Gasteiger partial charge in [0.15, 0.2) is 0 Å². The summed E-state index contributed by atoms with van der Waals surface area (Å²) in [5, 5.41) is 10.6. The molecule has 0 bridgehead atoms. The fourth-order valence-corrected chi connectivity index (χ4v) is 2.10. The Bertz CT molecular complexity index is 326. The van der Waals surface area contributed by atoms with Crippen LogP contribution >= 0.6 is 0 Å². The Hall–Kier alpha value is -1.05. The number of carboxylic acid groups (broad SMARTS) is 1. The van der Waals surface area contributed by atoms with Gasteiger partial charge in [-0.2, -0.15) is 0 Å². The summed E-state index contributed by atoms with van der Waals surface area (Å²) in [6.07, 6.45) is 13.3. The van der Waals surface area contributed by atoms with Crippen molar-refractivity contribution in [3.8, 4) is 0 Å². The smallest absolute Gasteiger partial charge is 0.0442 e. The Morgan fingerprint density at radius 3 is 2.25 bits per heavy atom. The monoisotopic (exact) mass is 279 g/mol. The quantitative estimate of drug-likeness (QED) is 0.415. The van der Waals surface area contributed by atoms with Gasteiger partial charge in [-0.3, -0.25) is 0 Å². The first kappa shape index (κ1) is 18.9. The van der Waals surface area contributed by atoms with Crippen LogP contribution in [0.2, 0.25) is 0 Å². The Labute approximate surface area is 125 Å². The zero-order valence-electron chi connectivity index (χ0n) is 13.7. The maximum atomic E-state index is 10.6. The van der Waals surface area contributed by atoms with Gasteiger partial charge in [-0.15, -0.1) is 0 Å². The van der Waals surface area contributed by atoms with Crippen molar-refractivity contribution >= 4 is 5.97 Å². The summed E-state index contributed by atoms with van der Waals surface area (Å²) >= 11 is 0. The zero-order chi connectivity index (χ0) is 15.4. The van der Waals surface area contributed by atoms with E-state index in [-0.39, 0.29) is 5.92 Å². The molecule has 0 aromatic rings. The van der Waals surface area contributed by atoms with Crippen LogP contribution in [0.3, 0.4) is 0 Å². The van der Waals surface area contributed by atoms with Crippen molar-refractivity contribution in [1.29, 1.82) is 0 Å². The lowest BCUT2D eigenvalue weighted by Crippen LogP contribution is -2.29. The maximum absolute atomic E-state index is 10.6. The minimum absolute atomic E-state index is 0.347. The van der Waals surface area contributed by atoms with Gasteiger partial charge in [-0.05, 0) is 58.3 Å². The summed E-state index contributed by atoms with van der Waals surface area (Å²) in [7, 11) is 0. The summed E-state index contributed by atoms with van der Waals surface area (Å²) in [4.78, 5) is 10.6. The van der Waals surface area contributed by atoms with Crippen LogP contribution < -0.4 is 5.11 Å². The molecule has 0 aliphatic heterocycles. The van der Waals surface area contributed by atoms with Gasteiger partial charge in [0.1, 0.15) is 0 Å². The molecule has 0 fully saturated rings. The molecule has 0 saturated heterocycles. The van der Waals surface area contributed by atoms with E-state index in [1.807, 2.05) is 0 Å². The van der Waals surface area contributed by atoms with Gasteiger partial charge in [0, 0.05) is 5.97 Å². The van der Waals surface area contributed by atoms with E-state index in [0.29, 0.717) is 6.42 Å². The molecule has 0 rings (SSSR count). The number of hydrogen-bond acceptors (Lipinski definition) is 2. The first-order valence-corrected chi connectivity index (χ1v) is 7.99. The van der Waals surface area contributed by atoms with Crippen molar-refractivity contribution in [2.75, 3.05) is 0 Å². The van der Waals surface area contributed by atoms with Crippen LogP contribution in [-0.4, -0.2) is 5.97 Å². The van der Waals surface area contributed by atoms with E-state index in [9.17, 15) is 9.90 Å². The molecular weight excluding hydrogens is 248 g/mol. The molecule has 0 spiro atoms. The molecule has 0 N–H and O–H groups in total. The average molecular weight is 279 g/mol. The standard InChI is InChI=1S/C18H32O2/c1-5-6-7-10-15(2)11-8-12-16(3)13-9-14-17(4)18(19)20/h11,13,17H,5-10,12,14H2,1-4H3,(H,19,20)/p-1/b15-11+,16-13+. The highest BCUT2D eigenvalue weighted by atomic mass is 16.4. The van der Waals surface area contributed by atoms with Crippen LogP contribution in [-0.2, 0) is 4.79 Å². The zero-order valence-corrected chi connectivity index (χ0v) is 13.7. The second-order valence-electron chi connectivity index (χ2n) is 5.89. The molecule has 0 aliphatic rings. The van der Waals surface area contributed by atoms with E-state index >= 15 is 0 Å². The van der Waals surface area contributed by atoms with Crippen molar-refractivity contribution < 1.29 is 9.90 Å². The van der Waals surface area contributed by atoms with Gasteiger partial charge >= 0.3 is 0 Å². The van der Waals surface area contributed by atoms with Crippen LogP contribution in [0.4, 0.5) is 0 Å². The molecule has 0 aromatic carbocycles. The van der Waals surface area contributed by atoms with Crippen molar-refractivity contribution in [3.05, 3.63) is 23.3 Å². The third-order valence-electron chi connectivity index (χ3n) is 3.70. The number of carbonyl (C=O) groups is 1. The van der Waals surface area contributed by atoms with Gasteiger partial charge in [0.2, 0.25) is 0 Å². The lowest BCUT2D eigenvalue weighted by atomic mass is 10.0. The predicted octanol–water partition coefficient (Wildman–Crippen LogP) is 4.41. The van der Waals surface area contributed by atoms with Crippen LogP contribution in [0.1, 0.15) is 79.1 Å². The molecule has 0 aromatic heterocycles. The molecule has 1 unspecified atom stereocenters. The van der Waals surface area contributed by atoms with Crippen molar-refractivity contribution in [1.82, 2.24) is 0 Å². The van der Waals surface area contributed by atoms with E-state index < -0.39 is 5.97 Å². The number of carbonyl (C=O) groups excluding carboxylic acids is 1. The van der Waals surface area contributed by atoms with Crippen molar-refractivity contribution in [3.63, 3.8) is 0 Å². The third-order valence-corrected chi connectivity index (χ3v) is 3.70. The molecule has 116 valence electrons. The minimum Gasteiger partial charge on any atom is -0.550 e. The Morgan fingerprint density at radius 1 is 1.05 bits per heavy atom. The van der Waals surface area contributed by atoms with Gasteiger partial charge < -0.3 is 9.90 Å². The fraction of sp³-hybridized carbons (Fsp3) is 0.722. The normalized spacial score (nSPS) is 14.4. The Balaban J connectivity index is 3.83. The van der Waals surface area contributed by atoms with E-state index in [1.54, 1.807) is 6.92 Å². The average Bonchev–Trinajstić information content (AvgIpc) is 2.38. The number of hydrogen-bond donors (Lipinski definition) is 0. The van der Waals surface area contributed by atoms with Gasteiger partial charge in [-0.25, -0.2) is 0 Å². The number of carboxylic acids is 1. The van der Waals surface area contributed by atoms with Crippen molar-refractivity contribution in [2.24, 2.45) is 5.92 Å². The Kier molecular flexibility index (Phi) is 11.1. The van der Waals surface area contributed by atoms with E-state index in [2.05, 4.69) is 32.9 Å². The SMILES string of the molecule is CCCCC/C(C)=C/CC/C(C)=C/CCC(C)C(=O)[O-]. The topological polar surface area (TPSA) is 40.1 Å². The number of aliphatic carboxylic acids is 1. The molecule has 20 heavy (non-hydrogen) atoms. The molecule has 0 radical (unpaired) electrons. The first-order chi connectivity index (χ1) is 9.47. The van der Waals surface area contributed by atoms with Crippen LogP contribution in [0.25, 0.3) is 0 Å². The van der Waals surface area contributed by atoms with Gasteiger partial charge in [-0.1, -0.05) is 50.0 Å². The fourth-order valence-electron chi connectivity index (χ4n) is 2.10. The van der Waals surface area contributed by atoms with E-state index in [4.69, 9.17) is 0 Å². The summed E-state index contributed by atoms with van der Waals surface area (Å²) in [6.45, 7) is 8.29. The summed E-state index contributed by atoms with van der Waals surface area (Å²) in [5.41, 5.74) is 2.85. The predicted molar refractivity (Wildman–Crippen MR) is 84.3 cm³/mol. The highest BCUT2D eigenvalue weighted by Crippen LogP contribution is 2.13. The van der Waals surface area contributed by atoms with Gasteiger partial charge in [0.25, 0.3) is 0 Å². The minimum atomic E-state index is -0.943. The lowest BCUT2D eigenvalue weighted by molar-refractivity contribution is -0.311. The third kappa shape index (κ3) is 10.8. The molecular formula is C18H31O2-. The van der Waals surface area contributed by atoms with Gasteiger partial charge in [0.05, 0.1) is 0 Å². The lowest BCUT2D eigenvalue weighted by Gasteiger charge is -2.10. The maximum Gasteiger partial charge on any atom is 0.0442 e. The summed E-state index contributed by atoms with van der Waals surface area (Å²) in [6, 6.07) is 0. The first-order valence-electron chi connectivity index (χ1n) is 7.99. The number of unbranched alkanes of at least 4 members (excludes halogenated alkanes) is 2. The van der Waals surface area contributed by atoms with E-state index in [1.165, 1.54) is 36.8 Å². The molecule has 0 aliphatic carbocycles. The van der Waals surface area contributed by atoms with Crippen molar-refractivity contribution in [2.45, 2.75) is 79.1 Å². The van der Waals surface area contributed by atoms with E-state index in [0.717, 1.165) is 19.3 Å². The molecule has 2 nitrogen and oxygen atoms in total. The number of allylic oxidation sites excluding steroid dienone is 4. The molecule has 0 amide bonds. The van der Waals surface area contributed by atoms with Crippen LogP contribution in [0.15, 0.2) is 23.3 Å². The molecule has 2 heteroatoms. The highest BCUT2D eigenvalue weighted by molar-refractivity contribution is 5.66. The second kappa shape index (κ2) is 11.7. The molecule has 0 saturated carbocycles. The summed E-state index contributed by atoms with van der Waals surface area (Å²) in [5.74, 6) is -1.29. The molecule has 1 atom stereocenters. The van der Waals surface area contributed by atoms with Crippen LogP contribution in [0, 0.1) is 5.92 Å². The highest BCUT2D eigenvalue weighted by Gasteiger charge is 2.00. The molecule has 0 heterocycles. The Morgan fingerprint density at radius 2 is 1.65 bits per heavy atom. The van der Waals surface area contributed by atoms with Crippen LogP contribution in [0.5, 0.6) is 0 Å². The number of rotatable bonds is 11.